The van der Waals surface area contributed by atoms with Crippen LogP contribution in [-0.4, -0.2) is 35.1 Å². The van der Waals surface area contributed by atoms with E-state index in [1.54, 1.807) is 30.0 Å². The van der Waals surface area contributed by atoms with Gasteiger partial charge in [-0.05, 0) is 44.0 Å². The fourth-order valence-corrected chi connectivity index (χ4v) is 4.55. The molecule has 0 unspecified atom stereocenters. The van der Waals surface area contributed by atoms with Gasteiger partial charge in [0.2, 0.25) is 11.8 Å². The minimum absolute atomic E-state index is 0.0987. The van der Waals surface area contributed by atoms with Gasteiger partial charge in [0.05, 0.1) is 5.75 Å². The van der Waals surface area contributed by atoms with Gasteiger partial charge in [-0.1, -0.05) is 59.1 Å². The van der Waals surface area contributed by atoms with Crippen molar-refractivity contribution in [1.82, 2.24) is 10.2 Å². The first kappa shape index (κ1) is 23.6. The zero-order valence-electron chi connectivity index (χ0n) is 16.9. The molecule has 0 radical (unpaired) electrons. The van der Waals surface area contributed by atoms with E-state index in [0.717, 1.165) is 16.7 Å². The van der Waals surface area contributed by atoms with Gasteiger partial charge in [0.1, 0.15) is 6.04 Å². The van der Waals surface area contributed by atoms with Gasteiger partial charge >= 0.3 is 0 Å². The van der Waals surface area contributed by atoms with Crippen molar-refractivity contribution in [2.75, 3.05) is 12.3 Å². The Morgan fingerprint density at radius 2 is 1.79 bits per heavy atom. The van der Waals surface area contributed by atoms with Crippen molar-refractivity contribution in [3.05, 3.63) is 69.2 Å². The highest BCUT2D eigenvalue weighted by Gasteiger charge is 2.25. The van der Waals surface area contributed by atoms with E-state index in [9.17, 15) is 9.59 Å². The van der Waals surface area contributed by atoms with E-state index in [-0.39, 0.29) is 17.6 Å². The second kappa shape index (κ2) is 11.5. The Morgan fingerprint density at radius 3 is 2.41 bits per heavy atom. The highest BCUT2D eigenvalue weighted by Crippen LogP contribution is 2.28. The van der Waals surface area contributed by atoms with E-state index < -0.39 is 6.04 Å². The van der Waals surface area contributed by atoms with Crippen LogP contribution in [0, 0.1) is 6.92 Å². The van der Waals surface area contributed by atoms with E-state index in [4.69, 9.17) is 23.2 Å². The van der Waals surface area contributed by atoms with Crippen molar-refractivity contribution in [2.45, 2.75) is 39.1 Å². The fourth-order valence-electron chi connectivity index (χ4n) is 2.91. The summed E-state index contributed by atoms with van der Waals surface area (Å²) in [4.78, 5) is 27.0. The van der Waals surface area contributed by atoms with Crippen LogP contribution in [-0.2, 0) is 21.9 Å². The van der Waals surface area contributed by atoms with Gasteiger partial charge < -0.3 is 10.2 Å². The predicted molar refractivity (Wildman–Crippen MR) is 122 cm³/mol. The fraction of sp³-hybridized carbons (Fsp3) is 0.364. The molecule has 0 aliphatic heterocycles. The second-order valence-corrected chi connectivity index (χ2v) is 8.57. The first-order valence-corrected chi connectivity index (χ1v) is 11.4. The van der Waals surface area contributed by atoms with Gasteiger partial charge in [0.15, 0.2) is 0 Å². The predicted octanol–water partition coefficient (Wildman–Crippen LogP) is 5.09. The topological polar surface area (TPSA) is 49.4 Å². The molecule has 7 heteroatoms. The molecule has 0 heterocycles. The second-order valence-electron chi connectivity index (χ2n) is 6.77. The molecule has 4 nitrogen and oxygen atoms in total. The minimum atomic E-state index is -0.563. The zero-order valence-corrected chi connectivity index (χ0v) is 19.2. The Morgan fingerprint density at radius 1 is 1.14 bits per heavy atom. The Labute approximate surface area is 187 Å². The molecule has 0 bridgehead atoms. The van der Waals surface area contributed by atoms with Crippen molar-refractivity contribution in [3.8, 4) is 0 Å². The molecular formula is C22H26Cl2N2O2S. The molecule has 0 aliphatic rings. The van der Waals surface area contributed by atoms with Gasteiger partial charge in [0, 0.05) is 28.9 Å². The van der Waals surface area contributed by atoms with Crippen LogP contribution in [0.3, 0.4) is 0 Å². The summed E-state index contributed by atoms with van der Waals surface area (Å²) in [6.07, 6.45) is 0. The van der Waals surface area contributed by atoms with Crippen molar-refractivity contribution in [2.24, 2.45) is 0 Å². The van der Waals surface area contributed by atoms with Crippen LogP contribution >= 0.6 is 35.0 Å². The highest BCUT2D eigenvalue weighted by atomic mass is 35.5. The third kappa shape index (κ3) is 6.95. The maximum absolute atomic E-state index is 13.0. The number of nitrogens with zero attached hydrogens (tertiary/aromatic N) is 1. The number of carbonyl (C=O) groups is 2. The van der Waals surface area contributed by atoms with Crippen LogP contribution in [0.15, 0.2) is 42.5 Å². The molecule has 2 rings (SSSR count). The lowest BCUT2D eigenvalue weighted by Gasteiger charge is -2.28. The first-order valence-electron chi connectivity index (χ1n) is 9.46. The summed E-state index contributed by atoms with van der Waals surface area (Å²) in [5.41, 5.74) is 2.92. The normalized spacial score (nSPS) is 11.8. The van der Waals surface area contributed by atoms with Crippen molar-refractivity contribution < 1.29 is 9.59 Å². The smallest absolute Gasteiger partial charge is 0.242 e. The van der Waals surface area contributed by atoms with E-state index in [2.05, 4.69) is 5.32 Å². The SMILES string of the molecule is CCNC(=O)[C@@H](C)N(Cc1cccc(C)c1)C(=O)CSCc1c(Cl)cccc1Cl. The number of amides is 2. The summed E-state index contributed by atoms with van der Waals surface area (Å²) in [6.45, 7) is 6.53. The summed E-state index contributed by atoms with van der Waals surface area (Å²) in [7, 11) is 0. The molecule has 0 saturated carbocycles. The molecule has 0 aromatic heterocycles. The van der Waals surface area contributed by atoms with Crippen LogP contribution in [0.4, 0.5) is 0 Å². The molecule has 156 valence electrons. The Bertz CT molecular complexity index is 840. The number of rotatable bonds is 9. The average Bonchev–Trinajstić information content (AvgIpc) is 2.68. The van der Waals surface area contributed by atoms with Gasteiger partial charge in [0.25, 0.3) is 0 Å². The third-order valence-electron chi connectivity index (χ3n) is 4.49. The number of carbonyl (C=O) groups excluding carboxylic acids is 2. The standard InChI is InChI=1S/C22H26Cl2N2O2S/c1-4-25-22(28)16(3)26(12-17-8-5-7-15(2)11-17)21(27)14-29-13-18-19(23)9-6-10-20(18)24/h5-11,16H,4,12-14H2,1-3H3,(H,25,28)/t16-/m1/s1. The zero-order chi connectivity index (χ0) is 21.4. The Hall–Kier alpha value is -1.69. The van der Waals surface area contributed by atoms with Gasteiger partial charge in [-0.15, -0.1) is 11.8 Å². The monoisotopic (exact) mass is 452 g/mol. The van der Waals surface area contributed by atoms with E-state index in [1.807, 2.05) is 38.1 Å². The lowest BCUT2D eigenvalue weighted by Crippen LogP contribution is -2.48. The molecule has 0 spiro atoms. The van der Waals surface area contributed by atoms with Crippen molar-refractivity contribution in [1.29, 1.82) is 0 Å². The molecule has 2 aromatic rings. The summed E-state index contributed by atoms with van der Waals surface area (Å²) < 4.78 is 0. The van der Waals surface area contributed by atoms with E-state index in [0.29, 0.717) is 28.9 Å². The van der Waals surface area contributed by atoms with E-state index >= 15 is 0 Å². The lowest BCUT2D eigenvalue weighted by molar-refractivity contribution is -0.138. The summed E-state index contributed by atoms with van der Waals surface area (Å²) in [5.74, 6) is 0.501. The van der Waals surface area contributed by atoms with Crippen LogP contribution < -0.4 is 5.32 Å². The third-order valence-corrected chi connectivity index (χ3v) is 6.14. The molecular weight excluding hydrogens is 427 g/mol. The Balaban J connectivity index is 2.10. The number of likely N-dealkylation sites (N-methyl/N-ethyl adjacent to an activating group) is 1. The minimum Gasteiger partial charge on any atom is -0.355 e. The number of halogens is 2. The molecule has 29 heavy (non-hydrogen) atoms. The van der Waals surface area contributed by atoms with Crippen LogP contribution in [0.5, 0.6) is 0 Å². The summed E-state index contributed by atoms with van der Waals surface area (Å²) in [6, 6.07) is 12.8. The number of benzene rings is 2. The van der Waals surface area contributed by atoms with Crippen molar-refractivity contribution in [3.63, 3.8) is 0 Å². The average molecular weight is 453 g/mol. The molecule has 2 aromatic carbocycles. The number of nitrogens with one attached hydrogen (secondary N) is 1. The molecule has 0 fully saturated rings. The maximum atomic E-state index is 13.0. The molecule has 2 amide bonds. The number of hydrogen-bond donors (Lipinski definition) is 1. The number of hydrogen-bond acceptors (Lipinski definition) is 3. The lowest BCUT2D eigenvalue weighted by atomic mass is 10.1. The van der Waals surface area contributed by atoms with Crippen LogP contribution in [0.2, 0.25) is 10.0 Å². The first-order chi connectivity index (χ1) is 13.8. The van der Waals surface area contributed by atoms with Gasteiger partial charge in [-0.2, -0.15) is 0 Å². The molecule has 0 aliphatic carbocycles. The molecule has 0 saturated heterocycles. The summed E-state index contributed by atoms with van der Waals surface area (Å²) >= 11 is 13.9. The van der Waals surface area contributed by atoms with Crippen molar-refractivity contribution >= 4 is 46.8 Å². The van der Waals surface area contributed by atoms with Gasteiger partial charge in [-0.3, -0.25) is 9.59 Å². The summed E-state index contributed by atoms with van der Waals surface area (Å²) in [5, 5.41) is 3.98. The quantitative estimate of drug-likeness (QED) is 0.576. The van der Waals surface area contributed by atoms with Crippen LogP contribution in [0.25, 0.3) is 0 Å². The van der Waals surface area contributed by atoms with E-state index in [1.165, 1.54) is 11.8 Å². The molecule has 1 N–H and O–H groups in total. The van der Waals surface area contributed by atoms with Crippen LogP contribution in [0.1, 0.15) is 30.5 Å². The van der Waals surface area contributed by atoms with Gasteiger partial charge in [-0.25, -0.2) is 0 Å². The maximum Gasteiger partial charge on any atom is 0.242 e. The highest BCUT2D eigenvalue weighted by molar-refractivity contribution is 7.99. The number of aryl methyl sites for hydroxylation is 1. The Kier molecular flexibility index (Phi) is 9.34. The largest absolute Gasteiger partial charge is 0.355 e. The number of thioether (sulfide) groups is 1. The molecule has 1 atom stereocenters.